The Kier molecular flexibility index (Phi) is 6.62. The van der Waals surface area contributed by atoms with Crippen LogP contribution in [0.5, 0.6) is 0 Å². The summed E-state index contributed by atoms with van der Waals surface area (Å²) in [7, 11) is 0. The standard InChI is InChI=1S/C5H5N3O.3W/c1-3-5(6)8(7)4(2)9;;;/h2,6H,1H3;;;. The monoisotopic (exact) mass is 675 g/mol. The fourth-order valence-electron chi connectivity index (χ4n) is 0.390. The molecule has 64 valence electrons. The van der Waals surface area contributed by atoms with Crippen LogP contribution in [0, 0.1) is 5.41 Å². The zero-order valence-corrected chi connectivity index (χ0v) is 14.9. The molecule has 0 rings (SSSR count). The van der Waals surface area contributed by atoms with Crippen LogP contribution in [0.4, 0.5) is 0 Å². The van der Waals surface area contributed by atoms with Gasteiger partial charge in [0.25, 0.3) is 0 Å². The van der Waals surface area contributed by atoms with Gasteiger partial charge in [-0.3, -0.25) is 0 Å². The second-order valence-electron chi connectivity index (χ2n) is 1.75. The van der Waals surface area contributed by atoms with Crippen LogP contribution in [0.2, 0.25) is 0 Å². The molecule has 0 aromatic rings. The summed E-state index contributed by atoms with van der Waals surface area (Å²) in [6.07, 6.45) is 0. The van der Waals surface area contributed by atoms with E-state index in [1.165, 1.54) is 23.8 Å². The Morgan fingerprint density at radius 3 is 2.42 bits per heavy atom. The summed E-state index contributed by atoms with van der Waals surface area (Å²) >= 11 is 3.19. The van der Waals surface area contributed by atoms with Gasteiger partial charge < -0.3 is 0 Å². The van der Waals surface area contributed by atoms with E-state index in [0.717, 1.165) is 47.9 Å². The van der Waals surface area contributed by atoms with Crippen molar-refractivity contribution >= 4 is 20.0 Å². The number of amides is 1. The minimum absolute atomic E-state index is 0.203. The first-order valence-electron chi connectivity index (χ1n) is 2.76. The second-order valence-corrected chi connectivity index (χ2v) is 5.39. The molecular formula is C5H5N3OW3. The summed E-state index contributed by atoms with van der Waals surface area (Å²) < 4.78 is 6.15. The SMILES string of the molecule is C[C](=[W])C(=N)N([N]=[W])C(=O)[CH]=[W]. The fourth-order valence-corrected chi connectivity index (χ4v) is 1.64. The molecule has 0 spiro atoms. The van der Waals surface area contributed by atoms with Gasteiger partial charge >= 0.3 is 104 Å². The summed E-state index contributed by atoms with van der Waals surface area (Å²) in [4.78, 5) is 11.2. The van der Waals surface area contributed by atoms with E-state index in [1.807, 2.05) is 6.92 Å². The van der Waals surface area contributed by atoms with Gasteiger partial charge in [-0.1, -0.05) is 0 Å². The Hall–Kier alpha value is 0.745. The van der Waals surface area contributed by atoms with Crippen molar-refractivity contribution in [3.8, 4) is 0 Å². The number of nitrogens with one attached hydrogen (secondary N) is 1. The van der Waals surface area contributed by atoms with Crippen molar-refractivity contribution in [2.75, 3.05) is 0 Å². The van der Waals surface area contributed by atoms with E-state index in [2.05, 4.69) is 3.60 Å². The zero-order valence-electron chi connectivity index (χ0n) is 6.10. The number of hydrogen-bond acceptors (Lipinski definition) is 3. The number of carbonyl (C=O) groups excluding carboxylic acids is 1. The molecule has 0 atom stereocenters. The van der Waals surface area contributed by atoms with Crippen LogP contribution in [0.25, 0.3) is 0 Å². The Morgan fingerprint density at radius 2 is 2.17 bits per heavy atom. The normalized spacial score (nSPS) is 8.42. The molecular weight excluding hydrogens is 670 g/mol. The van der Waals surface area contributed by atoms with Gasteiger partial charge in [0, 0.05) is 0 Å². The van der Waals surface area contributed by atoms with Gasteiger partial charge in [0.2, 0.25) is 0 Å². The first-order chi connectivity index (χ1) is 5.54. The molecule has 0 unspecified atom stereocenters. The molecule has 0 radical (unpaired) electrons. The zero-order chi connectivity index (χ0) is 9.72. The van der Waals surface area contributed by atoms with Crippen molar-refractivity contribution in [2.24, 2.45) is 3.60 Å². The molecule has 0 aliphatic heterocycles. The molecule has 0 aromatic heterocycles. The van der Waals surface area contributed by atoms with E-state index in [4.69, 9.17) is 5.41 Å². The molecule has 0 fully saturated rings. The molecule has 0 heterocycles. The summed E-state index contributed by atoms with van der Waals surface area (Å²) in [5.74, 6) is 0.00750. The van der Waals surface area contributed by atoms with Crippen molar-refractivity contribution in [1.82, 2.24) is 5.01 Å². The number of amidine groups is 1. The molecule has 0 saturated heterocycles. The van der Waals surface area contributed by atoms with Crippen LogP contribution in [-0.4, -0.2) is 25.1 Å². The summed E-state index contributed by atoms with van der Waals surface area (Å²) in [6, 6.07) is 0. The first kappa shape index (κ1) is 12.7. The Balaban J connectivity index is 4.67. The van der Waals surface area contributed by atoms with Crippen LogP contribution < -0.4 is 0 Å². The van der Waals surface area contributed by atoms with Crippen molar-refractivity contribution in [3.63, 3.8) is 0 Å². The van der Waals surface area contributed by atoms with Crippen LogP contribution in [0.3, 0.4) is 0 Å². The summed E-state index contributed by atoms with van der Waals surface area (Å²) in [5, 5.41) is 8.68. The average molecular weight is 675 g/mol. The van der Waals surface area contributed by atoms with Gasteiger partial charge in [-0.2, -0.15) is 0 Å². The molecule has 0 aliphatic carbocycles. The van der Waals surface area contributed by atoms with Gasteiger partial charge in [-0.15, -0.1) is 0 Å². The van der Waals surface area contributed by atoms with E-state index in [-0.39, 0.29) is 11.7 Å². The second kappa shape index (κ2) is 6.24. The third-order valence-corrected chi connectivity index (χ3v) is 2.94. The van der Waals surface area contributed by atoms with E-state index in [9.17, 15) is 4.79 Å². The van der Waals surface area contributed by atoms with Gasteiger partial charge in [0.15, 0.2) is 0 Å². The Morgan fingerprint density at radius 1 is 1.67 bits per heavy atom. The Bertz CT molecular complexity index is 263. The van der Waals surface area contributed by atoms with Crippen molar-refractivity contribution in [1.29, 1.82) is 5.41 Å². The molecule has 0 aromatic carbocycles. The molecule has 0 saturated carbocycles. The summed E-state index contributed by atoms with van der Waals surface area (Å²) in [5.41, 5.74) is 0. The van der Waals surface area contributed by atoms with Crippen LogP contribution in [0.1, 0.15) is 6.92 Å². The van der Waals surface area contributed by atoms with E-state index < -0.39 is 0 Å². The van der Waals surface area contributed by atoms with Crippen molar-refractivity contribution in [3.05, 3.63) is 0 Å². The third kappa shape index (κ3) is 3.64. The first-order valence-corrected chi connectivity index (χ1v) is 7.23. The average Bonchev–Trinajstić information content (AvgIpc) is 2.05. The van der Waals surface area contributed by atoms with Crippen LogP contribution >= 0.6 is 0 Å². The van der Waals surface area contributed by atoms with Gasteiger partial charge in [-0.25, -0.2) is 0 Å². The maximum absolute atomic E-state index is 11.2. The molecule has 12 heavy (non-hydrogen) atoms. The predicted molar refractivity (Wildman–Crippen MR) is 33.7 cm³/mol. The van der Waals surface area contributed by atoms with Crippen molar-refractivity contribution < 1.29 is 63.1 Å². The quantitative estimate of drug-likeness (QED) is 0.246. The fraction of sp³-hybridized carbons (Fsp3) is 0.200. The molecule has 0 bridgehead atoms. The van der Waals surface area contributed by atoms with Gasteiger partial charge in [-0.05, 0) is 0 Å². The molecule has 4 nitrogen and oxygen atoms in total. The Labute approximate surface area is 103 Å². The third-order valence-electron chi connectivity index (χ3n) is 0.937. The van der Waals surface area contributed by atoms with Gasteiger partial charge in [0.05, 0.1) is 0 Å². The summed E-state index contributed by atoms with van der Waals surface area (Å²) in [6.45, 7) is 1.82. The number of rotatable bonds is 3. The maximum atomic E-state index is 11.2. The van der Waals surface area contributed by atoms with E-state index >= 15 is 0 Å². The van der Waals surface area contributed by atoms with Crippen LogP contribution in [-0.2, 0) is 63.1 Å². The van der Waals surface area contributed by atoms with Gasteiger partial charge in [0.1, 0.15) is 0 Å². The molecule has 0 aliphatic rings. The predicted octanol–water partition coefficient (Wildman–Crippen LogP) is -0.474. The topological polar surface area (TPSA) is 56.5 Å². The minimum atomic E-state index is -0.203. The molecule has 1 amide bonds. The molecule has 7 heteroatoms. The number of hydrogen-bond donors (Lipinski definition) is 1. The number of nitrogens with zero attached hydrogens (tertiary/aromatic N) is 2. The van der Waals surface area contributed by atoms with Crippen LogP contribution in [0.15, 0.2) is 3.60 Å². The van der Waals surface area contributed by atoms with Crippen molar-refractivity contribution in [2.45, 2.75) is 6.92 Å². The number of carbonyl (C=O) groups is 1. The van der Waals surface area contributed by atoms with E-state index in [0.29, 0.717) is 0 Å². The van der Waals surface area contributed by atoms with E-state index in [1.54, 1.807) is 0 Å². The molecule has 1 N–H and O–H groups in total.